The molecule has 20 heavy (non-hydrogen) atoms. The van der Waals surface area contributed by atoms with Crippen LogP contribution >= 0.6 is 11.3 Å². The molecule has 1 aliphatic rings. The summed E-state index contributed by atoms with van der Waals surface area (Å²) in [5.74, 6) is 0.0192. The standard InChI is InChI=1S/C16H18N2OS/c1-11-2-4-12(5-3-11)15(17)16(19)18-8-6-14-13(10-18)7-9-20-14/h2-5,7,9,15H,6,8,10,17H2,1H3. The van der Waals surface area contributed by atoms with Gasteiger partial charge in [-0.2, -0.15) is 0 Å². The van der Waals surface area contributed by atoms with E-state index >= 15 is 0 Å². The lowest BCUT2D eigenvalue weighted by Gasteiger charge is -2.29. The van der Waals surface area contributed by atoms with Crippen molar-refractivity contribution in [3.05, 3.63) is 57.3 Å². The summed E-state index contributed by atoms with van der Waals surface area (Å²) in [7, 11) is 0. The number of thiophene rings is 1. The van der Waals surface area contributed by atoms with E-state index < -0.39 is 6.04 Å². The number of amides is 1. The fourth-order valence-corrected chi connectivity index (χ4v) is 3.44. The minimum atomic E-state index is -0.559. The van der Waals surface area contributed by atoms with E-state index in [1.165, 1.54) is 16.0 Å². The van der Waals surface area contributed by atoms with Crippen molar-refractivity contribution in [3.63, 3.8) is 0 Å². The van der Waals surface area contributed by atoms with Gasteiger partial charge in [0.1, 0.15) is 6.04 Å². The van der Waals surface area contributed by atoms with Crippen molar-refractivity contribution >= 4 is 17.2 Å². The van der Waals surface area contributed by atoms with Gasteiger partial charge in [0, 0.05) is 18.0 Å². The first kappa shape index (κ1) is 13.3. The third-order valence-electron chi connectivity index (χ3n) is 3.82. The molecule has 0 spiro atoms. The van der Waals surface area contributed by atoms with Crippen molar-refractivity contribution in [1.29, 1.82) is 0 Å². The lowest BCUT2D eigenvalue weighted by molar-refractivity contribution is -0.133. The molecule has 0 radical (unpaired) electrons. The van der Waals surface area contributed by atoms with Gasteiger partial charge in [0.15, 0.2) is 0 Å². The summed E-state index contributed by atoms with van der Waals surface area (Å²) in [4.78, 5) is 15.8. The van der Waals surface area contributed by atoms with Crippen molar-refractivity contribution in [2.75, 3.05) is 6.54 Å². The zero-order chi connectivity index (χ0) is 14.1. The Kier molecular flexibility index (Phi) is 3.59. The van der Waals surface area contributed by atoms with Gasteiger partial charge in [0.25, 0.3) is 0 Å². The fraction of sp³-hybridized carbons (Fsp3) is 0.312. The number of rotatable bonds is 2. The zero-order valence-electron chi connectivity index (χ0n) is 11.5. The maximum atomic E-state index is 12.5. The molecule has 3 rings (SSSR count). The van der Waals surface area contributed by atoms with Gasteiger partial charge in [-0.05, 0) is 35.9 Å². The number of nitrogens with two attached hydrogens (primary N) is 1. The summed E-state index contributed by atoms with van der Waals surface area (Å²) in [5, 5.41) is 2.10. The van der Waals surface area contributed by atoms with Crippen molar-refractivity contribution < 1.29 is 4.79 Å². The van der Waals surface area contributed by atoms with Crippen LogP contribution in [-0.2, 0) is 17.8 Å². The highest BCUT2D eigenvalue weighted by atomic mass is 32.1. The van der Waals surface area contributed by atoms with Gasteiger partial charge in [-0.15, -0.1) is 11.3 Å². The van der Waals surface area contributed by atoms with Gasteiger partial charge >= 0.3 is 0 Å². The van der Waals surface area contributed by atoms with Gasteiger partial charge in [-0.3, -0.25) is 4.79 Å². The minimum Gasteiger partial charge on any atom is -0.336 e. The highest BCUT2D eigenvalue weighted by Crippen LogP contribution is 2.25. The van der Waals surface area contributed by atoms with Crippen LogP contribution in [0.1, 0.15) is 27.6 Å². The Morgan fingerprint density at radius 2 is 2.05 bits per heavy atom. The molecule has 2 N–H and O–H groups in total. The topological polar surface area (TPSA) is 46.3 Å². The van der Waals surface area contributed by atoms with E-state index in [0.717, 1.165) is 18.5 Å². The first-order valence-corrected chi connectivity index (χ1v) is 7.69. The summed E-state index contributed by atoms with van der Waals surface area (Å²) in [6.07, 6.45) is 0.944. The number of aryl methyl sites for hydroxylation is 1. The first-order valence-electron chi connectivity index (χ1n) is 6.81. The molecule has 0 saturated carbocycles. The second-order valence-corrected chi connectivity index (χ2v) is 6.27. The van der Waals surface area contributed by atoms with Crippen molar-refractivity contribution in [1.82, 2.24) is 4.90 Å². The largest absolute Gasteiger partial charge is 0.336 e. The molecule has 3 nitrogen and oxygen atoms in total. The summed E-state index contributed by atoms with van der Waals surface area (Å²) in [5.41, 5.74) is 9.46. The van der Waals surface area contributed by atoms with Crippen LogP contribution in [0.25, 0.3) is 0 Å². The maximum absolute atomic E-state index is 12.5. The number of carbonyl (C=O) groups is 1. The molecular formula is C16H18N2OS. The molecule has 0 fully saturated rings. The molecule has 1 aliphatic heterocycles. The van der Waals surface area contributed by atoms with E-state index in [1.807, 2.05) is 36.1 Å². The third kappa shape index (κ3) is 2.49. The number of hydrogen-bond donors (Lipinski definition) is 1. The molecule has 2 heterocycles. The highest BCUT2D eigenvalue weighted by Gasteiger charge is 2.26. The zero-order valence-corrected chi connectivity index (χ0v) is 12.3. The van der Waals surface area contributed by atoms with E-state index in [4.69, 9.17) is 5.73 Å². The fourth-order valence-electron chi connectivity index (χ4n) is 2.55. The Labute approximate surface area is 123 Å². The van der Waals surface area contributed by atoms with Crippen LogP contribution in [-0.4, -0.2) is 17.4 Å². The average Bonchev–Trinajstić information content (AvgIpc) is 2.94. The van der Waals surface area contributed by atoms with E-state index in [0.29, 0.717) is 6.54 Å². The molecule has 1 aromatic carbocycles. The first-order chi connectivity index (χ1) is 9.65. The van der Waals surface area contributed by atoms with Crippen molar-refractivity contribution in [3.8, 4) is 0 Å². The molecular weight excluding hydrogens is 268 g/mol. The molecule has 1 unspecified atom stereocenters. The molecule has 2 aromatic rings. The van der Waals surface area contributed by atoms with Crippen LogP contribution in [0.5, 0.6) is 0 Å². The second-order valence-electron chi connectivity index (χ2n) is 5.27. The molecule has 0 saturated heterocycles. The Balaban J connectivity index is 1.74. The lowest BCUT2D eigenvalue weighted by Crippen LogP contribution is -2.41. The predicted octanol–water partition coefficient (Wildman–Crippen LogP) is 2.64. The SMILES string of the molecule is Cc1ccc(C(N)C(=O)N2CCc3sccc3C2)cc1. The normalized spacial score (nSPS) is 15.8. The molecule has 1 amide bonds. The Morgan fingerprint density at radius 3 is 2.80 bits per heavy atom. The van der Waals surface area contributed by atoms with Crippen LogP contribution in [0.4, 0.5) is 0 Å². The summed E-state index contributed by atoms with van der Waals surface area (Å²) >= 11 is 1.78. The van der Waals surface area contributed by atoms with E-state index in [1.54, 1.807) is 11.3 Å². The van der Waals surface area contributed by atoms with Crippen LogP contribution < -0.4 is 5.73 Å². The molecule has 1 atom stereocenters. The van der Waals surface area contributed by atoms with Crippen molar-refractivity contribution in [2.45, 2.75) is 25.9 Å². The predicted molar refractivity (Wildman–Crippen MR) is 81.5 cm³/mol. The quantitative estimate of drug-likeness (QED) is 0.922. The Hall–Kier alpha value is -1.65. The van der Waals surface area contributed by atoms with Crippen LogP contribution in [0, 0.1) is 6.92 Å². The summed E-state index contributed by atoms with van der Waals surface area (Å²) < 4.78 is 0. The molecule has 104 valence electrons. The highest BCUT2D eigenvalue weighted by molar-refractivity contribution is 7.10. The molecule has 0 bridgehead atoms. The minimum absolute atomic E-state index is 0.0192. The van der Waals surface area contributed by atoms with Crippen LogP contribution in [0.3, 0.4) is 0 Å². The van der Waals surface area contributed by atoms with Gasteiger partial charge in [0.05, 0.1) is 0 Å². The number of nitrogens with zero attached hydrogens (tertiary/aromatic N) is 1. The number of benzene rings is 1. The summed E-state index contributed by atoms with van der Waals surface area (Å²) in [6.45, 7) is 3.49. The van der Waals surface area contributed by atoms with Crippen molar-refractivity contribution in [2.24, 2.45) is 5.73 Å². The van der Waals surface area contributed by atoms with Crippen LogP contribution in [0.15, 0.2) is 35.7 Å². The number of fused-ring (bicyclic) bond motifs is 1. The smallest absolute Gasteiger partial charge is 0.244 e. The third-order valence-corrected chi connectivity index (χ3v) is 4.84. The lowest BCUT2D eigenvalue weighted by atomic mass is 10.0. The average molecular weight is 286 g/mol. The maximum Gasteiger partial charge on any atom is 0.244 e. The number of carbonyl (C=O) groups excluding carboxylic acids is 1. The second kappa shape index (κ2) is 5.38. The monoisotopic (exact) mass is 286 g/mol. The van der Waals surface area contributed by atoms with Gasteiger partial charge in [-0.25, -0.2) is 0 Å². The molecule has 1 aromatic heterocycles. The Bertz CT molecular complexity index is 618. The molecule has 0 aliphatic carbocycles. The van der Waals surface area contributed by atoms with Gasteiger partial charge in [0.2, 0.25) is 5.91 Å². The van der Waals surface area contributed by atoms with E-state index in [9.17, 15) is 4.79 Å². The van der Waals surface area contributed by atoms with Gasteiger partial charge in [-0.1, -0.05) is 29.8 Å². The van der Waals surface area contributed by atoms with Crippen LogP contribution in [0.2, 0.25) is 0 Å². The Morgan fingerprint density at radius 1 is 1.30 bits per heavy atom. The van der Waals surface area contributed by atoms with E-state index in [-0.39, 0.29) is 5.91 Å². The number of hydrogen-bond acceptors (Lipinski definition) is 3. The summed E-state index contributed by atoms with van der Waals surface area (Å²) in [6, 6.07) is 9.42. The molecule has 4 heteroatoms. The van der Waals surface area contributed by atoms with Gasteiger partial charge < -0.3 is 10.6 Å². The van der Waals surface area contributed by atoms with E-state index in [2.05, 4.69) is 11.4 Å².